The number of nitrogens with zero attached hydrogens (tertiary/aromatic N) is 1. The molecule has 1 aromatic rings. The van der Waals surface area contributed by atoms with Gasteiger partial charge in [0.05, 0.1) is 0 Å². The Morgan fingerprint density at radius 1 is 1.33 bits per heavy atom. The highest BCUT2D eigenvalue weighted by Crippen LogP contribution is 2.48. The van der Waals surface area contributed by atoms with Crippen LogP contribution in [0.4, 0.5) is 0 Å². The van der Waals surface area contributed by atoms with Crippen LogP contribution in [-0.2, 0) is 5.41 Å². The normalized spacial score (nSPS) is 31.7. The maximum absolute atomic E-state index is 9.68. The van der Waals surface area contributed by atoms with Crippen LogP contribution in [-0.4, -0.2) is 29.6 Å². The lowest BCUT2D eigenvalue weighted by molar-refractivity contribution is 0.252. The Kier molecular flexibility index (Phi) is 4.02. The number of phenols is 1. The molecule has 1 aliphatic carbocycles. The third-order valence-electron chi connectivity index (χ3n) is 4.83. The number of hydrogen-bond acceptors (Lipinski definition) is 2. The van der Waals surface area contributed by atoms with Crippen molar-refractivity contribution in [2.75, 3.05) is 13.6 Å². The van der Waals surface area contributed by atoms with Crippen molar-refractivity contribution in [3.63, 3.8) is 0 Å². The van der Waals surface area contributed by atoms with Crippen LogP contribution in [0.3, 0.4) is 0 Å². The predicted octanol–water partition coefficient (Wildman–Crippen LogP) is 3.49. The van der Waals surface area contributed by atoms with E-state index < -0.39 is 0 Å². The Morgan fingerprint density at radius 3 is 2.94 bits per heavy atom. The van der Waals surface area contributed by atoms with E-state index in [4.69, 9.17) is 0 Å². The Bertz CT molecular complexity index is 423. The quantitative estimate of drug-likeness (QED) is 0.858. The molecule has 2 unspecified atom stereocenters. The van der Waals surface area contributed by atoms with E-state index in [1.165, 1.54) is 44.2 Å². The zero-order chi connectivity index (χ0) is 11.9. The fourth-order valence-electron chi connectivity index (χ4n) is 3.79. The highest BCUT2D eigenvalue weighted by molar-refractivity contribution is 8.93. The van der Waals surface area contributed by atoms with Crippen molar-refractivity contribution in [1.82, 2.24) is 4.90 Å². The van der Waals surface area contributed by atoms with E-state index in [-0.39, 0.29) is 17.0 Å². The molecule has 0 radical (unpaired) electrons. The van der Waals surface area contributed by atoms with Crippen LogP contribution in [0.5, 0.6) is 5.75 Å². The molecule has 1 N–H and O–H groups in total. The molecule has 0 spiro atoms. The Morgan fingerprint density at radius 2 is 2.17 bits per heavy atom. The second kappa shape index (κ2) is 5.22. The number of aromatic hydroxyl groups is 1. The van der Waals surface area contributed by atoms with Crippen LogP contribution in [0.1, 0.15) is 37.7 Å². The lowest BCUT2D eigenvalue weighted by Gasteiger charge is -2.29. The highest BCUT2D eigenvalue weighted by atomic mass is 79.9. The van der Waals surface area contributed by atoms with Crippen LogP contribution >= 0.6 is 17.0 Å². The number of benzene rings is 1. The molecule has 18 heavy (non-hydrogen) atoms. The van der Waals surface area contributed by atoms with Crippen molar-refractivity contribution in [1.29, 1.82) is 0 Å². The number of rotatable bonds is 1. The first-order valence-corrected chi connectivity index (χ1v) is 6.69. The molecule has 1 aromatic carbocycles. The van der Waals surface area contributed by atoms with Gasteiger partial charge in [-0.05, 0) is 68.8 Å². The number of halogens is 1. The van der Waals surface area contributed by atoms with Gasteiger partial charge in [0, 0.05) is 6.04 Å². The molecule has 2 aliphatic rings. The lowest BCUT2D eigenvalue weighted by atomic mass is 9.75. The molecular formula is C15H22BrNO. The number of likely N-dealkylation sites (tertiary alicyclic amines) is 1. The van der Waals surface area contributed by atoms with E-state index in [0.717, 1.165) is 6.04 Å². The molecule has 1 saturated carbocycles. The molecule has 2 atom stereocenters. The van der Waals surface area contributed by atoms with Gasteiger partial charge in [-0.2, -0.15) is 0 Å². The van der Waals surface area contributed by atoms with Gasteiger partial charge in [-0.3, -0.25) is 0 Å². The molecule has 1 aliphatic heterocycles. The van der Waals surface area contributed by atoms with E-state index in [1.807, 2.05) is 12.1 Å². The molecular weight excluding hydrogens is 290 g/mol. The number of fused-ring (bicyclic) bond motifs is 2. The lowest BCUT2D eigenvalue weighted by Crippen LogP contribution is -2.29. The maximum Gasteiger partial charge on any atom is 0.115 e. The Balaban J connectivity index is 0.00000120. The van der Waals surface area contributed by atoms with Crippen molar-refractivity contribution >= 4 is 17.0 Å². The van der Waals surface area contributed by atoms with Gasteiger partial charge in [0.1, 0.15) is 5.75 Å². The average molecular weight is 312 g/mol. The topological polar surface area (TPSA) is 23.5 Å². The molecule has 0 aromatic heterocycles. The summed E-state index contributed by atoms with van der Waals surface area (Å²) in [5.41, 5.74) is 1.70. The maximum atomic E-state index is 9.68. The van der Waals surface area contributed by atoms with Gasteiger partial charge in [-0.1, -0.05) is 12.1 Å². The minimum atomic E-state index is 0. The van der Waals surface area contributed by atoms with Crippen molar-refractivity contribution in [2.24, 2.45) is 0 Å². The van der Waals surface area contributed by atoms with E-state index in [0.29, 0.717) is 11.2 Å². The van der Waals surface area contributed by atoms with E-state index in [9.17, 15) is 5.11 Å². The minimum Gasteiger partial charge on any atom is -0.508 e. The third kappa shape index (κ3) is 2.30. The molecule has 3 rings (SSSR count). The highest BCUT2D eigenvalue weighted by Gasteiger charge is 2.43. The van der Waals surface area contributed by atoms with Crippen molar-refractivity contribution in [2.45, 2.75) is 43.6 Å². The third-order valence-corrected chi connectivity index (χ3v) is 4.83. The SMILES string of the molecule is Br.CN1CCCC2(c3cccc(O)c3)CCC1C2. The van der Waals surface area contributed by atoms with E-state index in [2.05, 4.69) is 18.0 Å². The van der Waals surface area contributed by atoms with E-state index >= 15 is 0 Å². The number of phenolic OH excluding ortho intramolecular Hbond substituents is 1. The molecule has 2 fully saturated rings. The summed E-state index contributed by atoms with van der Waals surface area (Å²) in [6, 6.07) is 8.69. The molecule has 100 valence electrons. The van der Waals surface area contributed by atoms with Gasteiger partial charge in [-0.25, -0.2) is 0 Å². The first-order valence-electron chi connectivity index (χ1n) is 6.69. The summed E-state index contributed by atoms with van der Waals surface area (Å²) in [5.74, 6) is 0.415. The monoisotopic (exact) mass is 311 g/mol. The fraction of sp³-hybridized carbons (Fsp3) is 0.600. The van der Waals surface area contributed by atoms with Gasteiger partial charge in [0.25, 0.3) is 0 Å². The summed E-state index contributed by atoms with van der Waals surface area (Å²) in [5, 5.41) is 9.68. The van der Waals surface area contributed by atoms with Crippen LogP contribution < -0.4 is 0 Å². The summed E-state index contributed by atoms with van der Waals surface area (Å²) in [6.07, 6.45) is 6.42. The summed E-state index contributed by atoms with van der Waals surface area (Å²) in [6.45, 7) is 1.23. The summed E-state index contributed by atoms with van der Waals surface area (Å²) >= 11 is 0. The van der Waals surface area contributed by atoms with Crippen molar-refractivity contribution in [3.05, 3.63) is 29.8 Å². The summed E-state index contributed by atoms with van der Waals surface area (Å²) < 4.78 is 0. The largest absolute Gasteiger partial charge is 0.508 e. The fourth-order valence-corrected chi connectivity index (χ4v) is 3.79. The molecule has 2 nitrogen and oxygen atoms in total. The molecule has 1 heterocycles. The van der Waals surface area contributed by atoms with E-state index in [1.54, 1.807) is 6.07 Å². The van der Waals surface area contributed by atoms with Crippen molar-refractivity contribution in [3.8, 4) is 5.75 Å². The van der Waals surface area contributed by atoms with Gasteiger partial charge < -0.3 is 10.0 Å². The first-order chi connectivity index (χ1) is 8.20. The zero-order valence-electron chi connectivity index (χ0n) is 10.9. The predicted molar refractivity (Wildman–Crippen MR) is 79.6 cm³/mol. The Labute approximate surface area is 120 Å². The standard InChI is InChI=1S/C15H21NO.BrH/c1-16-9-3-7-15(8-6-13(16)11-15)12-4-2-5-14(17)10-12;/h2,4-5,10,13,17H,3,6-9,11H2,1H3;1H. The zero-order valence-corrected chi connectivity index (χ0v) is 12.6. The van der Waals surface area contributed by atoms with Crippen LogP contribution in [0.15, 0.2) is 24.3 Å². The Hall–Kier alpha value is -0.540. The second-order valence-electron chi connectivity index (χ2n) is 5.81. The molecule has 0 amide bonds. The van der Waals surface area contributed by atoms with Crippen LogP contribution in [0.25, 0.3) is 0 Å². The van der Waals surface area contributed by atoms with Gasteiger partial charge in [0.2, 0.25) is 0 Å². The summed E-state index contributed by atoms with van der Waals surface area (Å²) in [4.78, 5) is 2.53. The molecule has 1 saturated heterocycles. The van der Waals surface area contributed by atoms with Gasteiger partial charge >= 0.3 is 0 Å². The van der Waals surface area contributed by atoms with Gasteiger partial charge in [-0.15, -0.1) is 17.0 Å². The van der Waals surface area contributed by atoms with Gasteiger partial charge in [0.15, 0.2) is 0 Å². The van der Waals surface area contributed by atoms with Crippen LogP contribution in [0.2, 0.25) is 0 Å². The van der Waals surface area contributed by atoms with Crippen molar-refractivity contribution < 1.29 is 5.11 Å². The summed E-state index contributed by atoms with van der Waals surface area (Å²) in [7, 11) is 2.26. The minimum absolute atomic E-state index is 0. The van der Waals surface area contributed by atoms with Crippen LogP contribution in [0, 0.1) is 0 Å². The first kappa shape index (κ1) is 13.9. The smallest absolute Gasteiger partial charge is 0.115 e. The second-order valence-corrected chi connectivity index (χ2v) is 5.81. The average Bonchev–Trinajstić information content (AvgIpc) is 2.67. The number of hydrogen-bond donors (Lipinski definition) is 1. The molecule has 2 bridgehead atoms. The molecule has 3 heteroatoms.